The maximum absolute atomic E-state index is 12.7. The second-order valence-corrected chi connectivity index (χ2v) is 10.4. The molecule has 0 aliphatic carbocycles. The predicted molar refractivity (Wildman–Crippen MR) is 129 cm³/mol. The Kier molecular flexibility index (Phi) is 8.85. The summed E-state index contributed by atoms with van der Waals surface area (Å²) in [7, 11) is -3.52. The number of rotatable bonds is 11. The molecular weight excluding hydrogens is 446 g/mol. The first kappa shape index (κ1) is 24.9. The minimum Gasteiger partial charge on any atom is -0.308 e. The first-order valence-electron chi connectivity index (χ1n) is 11.2. The van der Waals surface area contributed by atoms with Crippen molar-refractivity contribution in [2.24, 2.45) is 0 Å². The van der Waals surface area contributed by atoms with Crippen molar-refractivity contribution in [1.82, 2.24) is 14.5 Å². The highest BCUT2D eigenvalue weighted by molar-refractivity contribution is 7.89. The predicted octanol–water partition coefficient (Wildman–Crippen LogP) is 3.98. The lowest BCUT2D eigenvalue weighted by Crippen LogP contribution is -2.36. The highest BCUT2D eigenvalue weighted by Crippen LogP contribution is 2.25. The molecule has 1 fully saturated rings. The fraction of sp³-hybridized carbons (Fsp3) is 0.458. The second-order valence-electron chi connectivity index (χ2n) is 7.98. The van der Waals surface area contributed by atoms with E-state index < -0.39 is 10.0 Å². The lowest BCUT2D eigenvalue weighted by Gasteiger charge is -2.28. The van der Waals surface area contributed by atoms with E-state index in [0.717, 1.165) is 13.1 Å². The largest absolute Gasteiger partial charge is 0.308 e. The molecule has 32 heavy (non-hydrogen) atoms. The van der Waals surface area contributed by atoms with Crippen molar-refractivity contribution in [2.45, 2.75) is 37.6 Å². The molecule has 174 valence electrons. The van der Waals surface area contributed by atoms with E-state index in [1.807, 2.05) is 38.1 Å². The van der Waals surface area contributed by atoms with E-state index >= 15 is 0 Å². The molecule has 1 saturated heterocycles. The van der Waals surface area contributed by atoms with Gasteiger partial charge < -0.3 is 5.32 Å². The van der Waals surface area contributed by atoms with Crippen LogP contribution in [0.4, 0.5) is 0 Å². The maximum atomic E-state index is 12.7. The van der Waals surface area contributed by atoms with Crippen molar-refractivity contribution in [3.8, 4) is 0 Å². The summed E-state index contributed by atoms with van der Waals surface area (Å²) in [6, 6.07) is 14.3. The van der Waals surface area contributed by atoms with Crippen LogP contribution in [0.5, 0.6) is 0 Å². The minimum absolute atomic E-state index is 0.0620. The van der Waals surface area contributed by atoms with Gasteiger partial charge in [-0.05, 0) is 55.8 Å². The van der Waals surface area contributed by atoms with Gasteiger partial charge in [0, 0.05) is 36.3 Å². The summed E-state index contributed by atoms with van der Waals surface area (Å²) in [5.74, 6) is -0.0620. The summed E-state index contributed by atoms with van der Waals surface area (Å²) in [6.07, 6.45) is 2.37. The zero-order chi connectivity index (χ0) is 23.1. The number of ketones is 1. The molecule has 0 radical (unpaired) electrons. The zero-order valence-corrected chi connectivity index (χ0v) is 20.3. The van der Waals surface area contributed by atoms with E-state index in [1.165, 1.54) is 34.8 Å². The SMILES string of the molecule is CCN(CC)S(=O)(=O)c1ccc(C(=O)CNCC(c2ccc(Cl)cc2)N2CCCC2)cc1. The van der Waals surface area contributed by atoms with Gasteiger partial charge in [-0.2, -0.15) is 4.31 Å². The molecule has 0 saturated carbocycles. The van der Waals surface area contributed by atoms with Gasteiger partial charge in [0.15, 0.2) is 5.78 Å². The molecule has 1 unspecified atom stereocenters. The molecule has 8 heteroatoms. The fourth-order valence-corrected chi connectivity index (χ4v) is 5.73. The average Bonchev–Trinajstić information content (AvgIpc) is 3.33. The van der Waals surface area contributed by atoms with Crippen LogP contribution in [-0.2, 0) is 10.0 Å². The first-order chi connectivity index (χ1) is 15.4. The number of likely N-dealkylation sites (tertiary alicyclic amines) is 1. The Morgan fingerprint density at radius 1 is 1.03 bits per heavy atom. The van der Waals surface area contributed by atoms with E-state index in [0.29, 0.717) is 30.2 Å². The Hall–Kier alpha value is -1.77. The summed E-state index contributed by atoms with van der Waals surface area (Å²) in [5.41, 5.74) is 1.68. The topological polar surface area (TPSA) is 69.7 Å². The van der Waals surface area contributed by atoms with Crippen molar-refractivity contribution in [1.29, 1.82) is 0 Å². The van der Waals surface area contributed by atoms with E-state index in [2.05, 4.69) is 10.2 Å². The summed E-state index contributed by atoms with van der Waals surface area (Å²) >= 11 is 6.05. The number of nitrogens with one attached hydrogen (secondary N) is 1. The molecule has 1 atom stereocenters. The van der Waals surface area contributed by atoms with Crippen molar-refractivity contribution in [3.63, 3.8) is 0 Å². The molecule has 1 N–H and O–H groups in total. The van der Waals surface area contributed by atoms with Crippen molar-refractivity contribution in [3.05, 3.63) is 64.7 Å². The summed E-state index contributed by atoms with van der Waals surface area (Å²) < 4.78 is 26.6. The third kappa shape index (κ3) is 5.97. The second kappa shape index (κ2) is 11.4. The van der Waals surface area contributed by atoms with Crippen LogP contribution < -0.4 is 5.32 Å². The minimum atomic E-state index is -3.52. The number of sulfonamides is 1. The van der Waals surface area contributed by atoms with Gasteiger partial charge >= 0.3 is 0 Å². The molecule has 1 aliphatic heterocycles. The van der Waals surface area contributed by atoms with Gasteiger partial charge in [0.2, 0.25) is 10.0 Å². The third-order valence-electron chi connectivity index (χ3n) is 5.98. The van der Waals surface area contributed by atoms with Crippen LogP contribution in [0.2, 0.25) is 5.02 Å². The van der Waals surface area contributed by atoms with Crippen LogP contribution >= 0.6 is 11.6 Å². The summed E-state index contributed by atoms with van der Waals surface area (Å²) in [4.78, 5) is 15.3. The zero-order valence-electron chi connectivity index (χ0n) is 18.8. The monoisotopic (exact) mass is 477 g/mol. The van der Waals surface area contributed by atoms with Crippen LogP contribution in [-0.4, -0.2) is 62.7 Å². The highest BCUT2D eigenvalue weighted by atomic mass is 35.5. The first-order valence-corrected chi connectivity index (χ1v) is 13.0. The van der Waals surface area contributed by atoms with Gasteiger partial charge in [0.25, 0.3) is 0 Å². The molecular formula is C24H32ClN3O3S. The molecule has 0 amide bonds. The number of carbonyl (C=O) groups excluding carboxylic acids is 1. The molecule has 3 rings (SSSR count). The van der Waals surface area contributed by atoms with E-state index in [4.69, 9.17) is 11.6 Å². The van der Waals surface area contributed by atoms with E-state index in [-0.39, 0.29) is 23.3 Å². The Morgan fingerprint density at radius 2 is 1.62 bits per heavy atom. The molecule has 0 bridgehead atoms. The van der Waals surface area contributed by atoms with Crippen molar-refractivity contribution >= 4 is 27.4 Å². The molecule has 2 aromatic rings. The number of halogens is 1. The van der Waals surface area contributed by atoms with Crippen LogP contribution in [0.25, 0.3) is 0 Å². The Balaban J connectivity index is 1.62. The molecule has 0 spiro atoms. The number of Topliss-reactive ketones (excluding diaryl/α,β-unsaturated/α-hetero) is 1. The number of nitrogens with zero attached hydrogens (tertiary/aromatic N) is 2. The van der Waals surface area contributed by atoms with Crippen molar-refractivity contribution < 1.29 is 13.2 Å². The van der Waals surface area contributed by atoms with Gasteiger partial charge in [-0.1, -0.05) is 49.7 Å². The number of benzene rings is 2. The molecule has 0 aromatic heterocycles. The van der Waals surface area contributed by atoms with Gasteiger partial charge in [0.05, 0.1) is 11.4 Å². The van der Waals surface area contributed by atoms with Crippen LogP contribution in [0.15, 0.2) is 53.4 Å². The quantitative estimate of drug-likeness (QED) is 0.496. The maximum Gasteiger partial charge on any atom is 0.243 e. The molecule has 6 nitrogen and oxygen atoms in total. The van der Waals surface area contributed by atoms with Crippen LogP contribution in [0.1, 0.15) is 48.7 Å². The molecule has 1 aliphatic rings. The number of hydrogen-bond donors (Lipinski definition) is 1. The standard InChI is InChI=1S/C24H32ClN3O3S/c1-3-28(4-2)32(30,31)22-13-9-20(10-14-22)24(29)18-26-17-23(27-15-5-6-16-27)19-7-11-21(25)12-8-19/h7-14,23,26H,3-6,15-18H2,1-2H3. The number of hydrogen-bond acceptors (Lipinski definition) is 5. The molecule has 1 heterocycles. The normalized spacial score (nSPS) is 15.9. The molecule has 2 aromatic carbocycles. The Bertz CT molecular complexity index is 984. The van der Waals surface area contributed by atoms with Gasteiger partial charge in [-0.3, -0.25) is 9.69 Å². The van der Waals surface area contributed by atoms with Crippen LogP contribution in [0, 0.1) is 0 Å². The number of carbonyl (C=O) groups is 1. The van der Waals surface area contributed by atoms with Gasteiger partial charge in [-0.15, -0.1) is 0 Å². The van der Waals surface area contributed by atoms with Crippen molar-refractivity contribution in [2.75, 3.05) is 39.3 Å². The van der Waals surface area contributed by atoms with E-state index in [9.17, 15) is 13.2 Å². The summed E-state index contributed by atoms with van der Waals surface area (Å²) in [5, 5.41) is 4.02. The lowest BCUT2D eigenvalue weighted by atomic mass is 10.1. The van der Waals surface area contributed by atoms with Gasteiger partial charge in [-0.25, -0.2) is 8.42 Å². The van der Waals surface area contributed by atoms with Gasteiger partial charge in [0.1, 0.15) is 0 Å². The van der Waals surface area contributed by atoms with Crippen LogP contribution in [0.3, 0.4) is 0 Å². The highest BCUT2D eigenvalue weighted by Gasteiger charge is 2.24. The third-order valence-corrected chi connectivity index (χ3v) is 8.30. The lowest BCUT2D eigenvalue weighted by molar-refractivity contribution is 0.0987. The fourth-order valence-electron chi connectivity index (χ4n) is 4.15. The summed E-state index contributed by atoms with van der Waals surface area (Å²) in [6.45, 7) is 7.39. The van der Waals surface area contributed by atoms with E-state index in [1.54, 1.807) is 12.1 Å². The Morgan fingerprint density at radius 3 is 2.19 bits per heavy atom. The Labute approximate surface area is 196 Å². The average molecular weight is 478 g/mol. The smallest absolute Gasteiger partial charge is 0.243 e.